The summed E-state index contributed by atoms with van der Waals surface area (Å²) in [6.07, 6.45) is -0.541. The number of aryl methyl sites for hydroxylation is 1. The number of rotatable bonds is 2. The van der Waals surface area contributed by atoms with Gasteiger partial charge in [-0.15, -0.1) is 0 Å². The van der Waals surface area contributed by atoms with E-state index in [0.29, 0.717) is 0 Å². The number of aliphatic hydroxyl groups is 1. The number of nitrogens with two attached hydrogens (primary N) is 1. The standard InChI is InChI=1S/C10H14ClNO/c1-6-5-8(3-4-9(6)11)10(12)7(2)13/h3-5,7,10,13H,12H2,1-2H3/t7-,10+/m1/s1. The van der Waals surface area contributed by atoms with Crippen molar-refractivity contribution in [2.75, 3.05) is 0 Å². The highest BCUT2D eigenvalue weighted by molar-refractivity contribution is 6.31. The van der Waals surface area contributed by atoms with Crippen LogP contribution in [0.3, 0.4) is 0 Å². The van der Waals surface area contributed by atoms with Crippen LogP contribution in [-0.4, -0.2) is 11.2 Å². The Morgan fingerprint density at radius 3 is 2.54 bits per heavy atom. The first kappa shape index (κ1) is 10.5. The summed E-state index contributed by atoms with van der Waals surface area (Å²) < 4.78 is 0. The Hall–Kier alpha value is -0.570. The number of aliphatic hydroxyl groups excluding tert-OH is 1. The van der Waals surface area contributed by atoms with Crippen molar-refractivity contribution in [1.82, 2.24) is 0 Å². The van der Waals surface area contributed by atoms with Crippen LogP contribution in [0.25, 0.3) is 0 Å². The van der Waals surface area contributed by atoms with E-state index in [1.807, 2.05) is 19.1 Å². The summed E-state index contributed by atoms with van der Waals surface area (Å²) in [5.41, 5.74) is 7.66. The van der Waals surface area contributed by atoms with E-state index in [1.54, 1.807) is 13.0 Å². The van der Waals surface area contributed by atoms with Gasteiger partial charge >= 0.3 is 0 Å². The Labute approximate surface area is 83.3 Å². The van der Waals surface area contributed by atoms with Crippen molar-refractivity contribution in [3.8, 4) is 0 Å². The number of benzene rings is 1. The lowest BCUT2D eigenvalue weighted by Crippen LogP contribution is -2.23. The van der Waals surface area contributed by atoms with Gasteiger partial charge in [0.25, 0.3) is 0 Å². The fourth-order valence-electron chi connectivity index (χ4n) is 1.15. The first-order chi connectivity index (χ1) is 6.02. The zero-order valence-electron chi connectivity index (χ0n) is 7.79. The molecule has 0 heterocycles. The van der Waals surface area contributed by atoms with Gasteiger partial charge in [0.2, 0.25) is 0 Å². The summed E-state index contributed by atoms with van der Waals surface area (Å²) in [6, 6.07) is 5.21. The Balaban J connectivity index is 2.97. The molecule has 0 bridgehead atoms. The molecule has 72 valence electrons. The van der Waals surface area contributed by atoms with E-state index in [0.717, 1.165) is 16.1 Å². The van der Waals surface area contributed by atoms with E-state index in [2.05, 4.69) is 0 Å². The highest BCUT2D eigenvalue weighted by Crippen LogP contribution is 2.21. The monoisotopic (exact) mass is 199 g/mol. The van der Waals surface area contributed by atoms with Crippen LogP contribution in [0.5, 0.6) is 0 Å². The van der Waals surface area contributed by atoms with Gasteiger partial charge in [0.1, 0.15) is 0 Å². The zero-order chi connectivity index (χ0) is 10.0. The molecular weight excluding hydrogens is 186 g/mol. The molecule has 0 saturated carbocycles. The van der Waals surface area contributed by atoms with E-state index in [1.165, 1.54) is 0 Å². The van der Waals surface area contributed by atoms with Crippen molar-refractivity contribution in [3.63, 3.8) is 0 Å². The molecule has 0 aliphatic carbocycles. The quantitative estimate of drug-likeness (QED) is 0.766. The molecular formula is C10H14ClNO. The van der Waals surface area contributed by atoms with Crippen molar-refractivity contribution >= 4 is 11.6 Å². The van der Waals surface area contributed by atoms with Crippen molar-refractivity contribution in [2.45, 2.75) is 26.0 Å². The lowest BCUT2D eigenvalue weighted by atomic mass is 10.0. The molecule has 0 aliphatic heterocycles. The molecule has 1 aromatic carbocycles. The smallest absolute Gasteiger partial charge is 0.0704 e. The molecule has 0 unspecified atom stereocenters. The molecule has 0 saturated heterocycles. The highest BCUT2D eigenvalue weighted by Gasteiger charge is 2.12. The normalized spacial score (nSPS) is 15.5. The first-order valence-electron chi connectivity index (χ1n) is 4.22. The average Bonchev–Trinajstić information content (AvgIpc) is 2.08. The van der Waals surface area contributed by atoms with Crippen molar-refractivity contribution in [2.24, 2.45) is 5.73 Å². The second kappa shape index (κ2) is 4.09. The number of halogens is 1. The molecule has 2 nitrogen and oxygen atoms in total. The summed E-state index contributed by atoms with van der Waals surface area (Å²) in [5.74, 6) is 0. The maximum atomic E-state index is 9.28. The van der Waals surface area contributed by atoms with Gasteiger partial charge in [-0.2, -0.15) is 0 Å². The fraction of sp³-hybridized carbons (Fsp3) is 0.400. The van der Waals surface area contributed by atoms with Crippen LogP contribution in [0.1, 0.15) is 24.1 Å². The third-order valence-electron chi connectivity index (χ3n) is 2.09. The summed E-state index contributed by atoms with van der Waals surface area (Å²) in [7, 11) is 0. The van der Waals surface area contributed by atoms with Gasteiger partial charge in [-0.1, -0.05) is 23.7 Å². The molecule has 0 fully saturated rings. The molecule has 13 heavy (non-hydrogen) atoms. The average molecular weight is 200 g/mol. The van der Waals surface area contributed by atoms with Crippen LogP contribution in [0, 0.1) is 6.92 Å². The van der Waals surface area contributed by atoms with E-state index in [4.69, 9.17) is 17.3 Å². The second-order valence-electron chi connectivity index (χ2n) is 3.28. The third kappa shape index (κ3) is 2.44. The minimum Gasteiger partial charge on any atom is -0.391 e. The van der Waals surface area contributed by atoms with Crippen LogP contribution in [0.2, 0.25) is 5.02 Å². The van der Waals surface area contributed by atoms with Crippen LogP contribution in [0.15, 0.2) is 18.2 Å². The highest BCUT2D eigenvalue weighted by atomic mass is 35.5. The van der Waals surface area contributed by atoms with Crippen molar-refractivity contribution in [3.05, 3.63) is 34.3 Å². The molecule has 0 aromatic heterocycles. The van der Waals surface area contributed by atoms with Crippen LogP contribution >= 0.6 is 11.6 Å². The fourth-order valence-corrected chi connectivity index (χ4v) is 1.27. The van der Waals surface area contributed by atoms with E-state index < -0.39 is 6.10 Å². The van der Waals surface area contributed by atoms with Gasteiger partial charge in [-0.3, -0.25) is 0 Å². The van der Waals surface area contributed by atoms with Gasteiger partial charge in [0, 0.05) is 5.02 Å². The minimum atomic E-state index is -0.541. The SMILES string of the molecule is Cc1cc([C@@H](N)[C@@H](C)O)ccc1Cl. The Bertz CT molecular complexity index is 299. The van der Waals surface area contributed by atoms with Gasteiger partial charge in [-0.25, -0.2) is 0 Å². The second-order valence-corrected chi connectivity index (χ2v) is 3.68. The maximum absolute atomic E-state index is 9.28. The Kier molecular flexibility index (Phi) is 3.31. The number of hydrogen-bond donors (Lipinski definition) is 2. The van der Waals surface area contributed by atoms with E-state index in [9.17, 15) is 5.11 Å². The lowest BCUT2D eigenvalue weighted by molar-refractivity contribution is 0.164. The molecule has 0 radical (unpaired) electrons. The van der Waals surface area contributed by atoms with Crippen LogP contribution < -0.4 is 5.73 Å². The molecule has 0 aliphatic rings. The topological polar surface area (TPSA) is 46.2 Å². The van der Waals surface area contributed by atoms with Crippen molar-refractivity contribution < 1.29 is 5.11 Å². The zero-order valence-corrected chi connectivity index (χ0v) is 8.55. The summed E-state index contributed by atoms with van der Waals surface area (Å²) in [4.78, 5) is 0. The Morgan fingerprint density at radius 2 is 2.08 bits per heavy atom. The van der Waals surface area contributed by atoms with Gasteiger partial charge in [-0.05, 0) is 31.0 Å². The third-order valence-corrected chi connectivity index (χ3v) is 2.51. The Morgan fingerprint density at radius 1 is 1.46 bits per heavy atom. The predicted molar refractivity (Wildman–Crippen MR) is 54.8 cm³/mol. The molecule has 0 amide bonds. The lowest BCUT2D eigenvalue weighted by Gasteiger charge is -2.15. The largest absolute Gasteiger partial charge is 0.391 e. The summed E-state index contributed by atoms with van der Waals surface area (Å²) in [5, 5.41) is 10.0. The van der Waals surface area contributed by atoms with Gasteiger partial charge in [0.05, 0.1) is 12.1 Å². The van der Waals surface area contributed by atoms with Crippen LogP contribution in [-0.2, 0) is 0 Å². The molecule has 0 spiro atoms. The van der Waals surface area contributed by atoms with Gasteiger partial charge in [0.15, 0.2) is 0 Å². The molecule has 1 aromatic rings. The molecule has 1 rings (SSSR count). The summed E-state index contributed by atoms with van der Waals surface area (Å²) >= 11 is 5.86. The molecule has 3 heteroatoms. The summed E-state index contributed by atoms with van der Waals surface area (Å²) in [6.45, 7) is 3.59. The maximum Gasteiger partial charge on any atom is 0.0704 e. The molecule has 3 N–H and O–H groups in total. The van der Waals surface area contributed by atoms with Crippen LogP contribution in [0.4, 0.5) is 0 Å². The van der Waals surface area contributed by atoms with E-state index in [-0.39, 0.29) is 6.04 Å². The van der Waals surface area contributed by atoms with Gasteiger partial charge < -0.3 is 10.8 Å². The first-order valence-corrected chi connectivity index (χ1v) is 4.60. The predicted octanol–water partition coefficient (Wildman–Crippen LogP) is 2.03. The minimum absolute atomic E-state index is 0.337. The van der Waals surface area contributed by atoms with E-state index >= 15 is 0 Å². The van der Waals surface area contributed by atoms with Crippen molar-refractivity contribution in [1.29, 1.82) is 0 Å². The number of hydrogen-bond acceptors (Lipinski definition) is 2. The molecule has 2 atom stereocenters.